The Labute approximate surface area is 187 Å². The van der Waals surface area contributed by atoms with Gasteiger partial charge in [-0.15, -0.1) is 0 Å². The monoisotopic (exact) mass is 439 g/mol. The van der Waals surface area contributed by atoms with E-state index in [0.29, 0.717) is 40.9 Å². The first-order valence-corrected chi connectivity index (χ1v) is 11.2. The van der Waals surface area contributed by atoms with Gasteiger partial charge in [0, 0.05) is 12.0 Å². The Morgan fingerprint density at radius 2 is 1.97 bits per heavy atom. The highest BCUT2D eigenvalue weighted by Gasteiger charge is 2.42. The molecule has 0 unspecified atom stereocenters. The molecule has 8 heteroatoms. The van der Waals surface area contributed by atoms with Crippen LogP contribution in [0.25, 0.3) is 0 Å². The number of amides is 1. The van der Waals surface area contributed by atoms with Crippen molar-refractivity contribution in [2.45, 2.75) is 56.5 Å². The van der Waals surface area contributed by atoms with Crippen molar-refractivity contribution in [2.75, 3.05) is 18.4 Å². The van der Waals surface area contributed by atoms with Gasteiger partial charge in [0.1, 0.15) is 11.8 Å². The van der Waals surface area contributed by atoms with Crippen molar-refractivity contribution in [1.29, 1.82) is 5.26 Å². The molecule has 1 saturated carbocycles. The fourth-order valence-electron chi connectivity index (χ4n) is 4.34. The highest BCUT2D eigenvalue weighted by molar-refractivity contribution is 6.31. The second-order valence-electron chi connectivity index (χ2n) is 8.22. The average Bonchev–Trinajstić information content (AvgIpc) is 2.81. The molecule has 0 radical (unpaired) electrons. The molecule has 1 saturated heterocycles. The van der Waals surface area contributed by atoms with E-state index < -0.39 is 5.60 Å². The predicted octanol–water partition coefficient (Wildman–Crippen LogP) is 4.19. The number of ether oxygens (including phenoxy) is 1. The molecule has 1 aromatic carbocycles. The number of hydrogen-bond donors (Lipinski definition) is 2. The van der Waals surface area contributed by atoms with Crippen LogP contribution in [-0.2, 0) is 4.79 Å². The molecule has 7 nitrogen and oxygen atoms in total. The summed E-state index contributed by atoms with van der Waals surface area (Å²) in [5, 5.41) is 15.6. The van der Waals surface area contributed by atoms with Crippen LogP contribution in [0.1, 0.15) is 62.1 Å². The number of hydrogen-bond acceptors (Lipinski definition) is 6. The summed E-state index contributed by atoms with van der Waals surface area (Å²) in [5.74, 6) is 1.09. The SMILES string of the molecule is N#Cc1ccc(OC2(C(=O)Nc3cnc(C4CCNCC4)cn3)CCCCC2)cc1Cl. The Bertz CT molecular complexity index is 961. The van der Waals surface area contributed by atoms with Crippen LogP contribution in [0.2, 0.25) is 5.02 Å². The maximum absolute atomic E-state index is 13.3. The molecular weight excluding hydrogens is 414 g/mol. The standard InChI is InChI=1S/C23H26ClN5O2/c24-19-12-18(5-4-17(19)13-25)31-23(8-2-1-3-9-23)22(30)29-21-15-27-20(14-28-21)16-6-10-26-11-7-16/h4-5,12,14-16,26H,1-3,6-11H2,(H,28,29,30). The zero-order chi connectivity index (χ0) is 21.7. The number of piperidine rings is 1. The molecule has 4 rings (SSSR count). The molecule has 0 bridgehead atoms. The highest BCUT2D eigenvalue weighted by atomic mass is 35.5. The normalized spacial score (nSPS) is 18.7. The van der Waals surface area contributed by atoms with Gasteiger partial charge in [0.05, 0.1) is 28.7 Å². The van der Waals surface area contributed by atoms with Crippen LogP contribution in [0.15, 0.2) is 30.6 Å². The molecule has 31 heavy (non-hydrogen) atoms. The number of benzene rings is 1. The van der Waals surface area contributed by atoms with E-state index in [-0.39, 0.29) is 5.91 Å². The van der Waals surface area contributed by atoms with E-state index in [1.54, 1.807) is 30.6 Å². The quantitative estimate of drug-likeness (QED) is 0.724. The largest absolute Gasteiger partial charge is 0.477 e. The molecular formula is C23H26ClN5O2. The molecule has 2 aliphatic rings. The second kappa shape index (κ2) is 9.63. The number of rotatable bonds is 5. The van der Waals surface area contributed by atoms with Crippen LogP contribution in [0.3, 0.4) is 0 Å². The van der Waals surface area contributed by atoms with Crippen LogP contribution in [-0.4, -0.2) is 34.6 Å². The molecule has 1 aliphatic carbocycles. The Kier molecular flexibility index (Phi) is 6.69. The molecule has 2 N–H and O–H groups in total. The van der Waals surface area contributed by atoms with Gasteiger partial charge in [0.2, 0.25) is 0 Å². The zero-order valence-electron chi connectivity index (χ0n) is 17.4. The Morgan fingerprint density at radius 3 is 2.61 bits per heavy atom. The lowest BCUT2D eigenvalue weighted by Crippen LogP contribution is -2.49. The van der Waals surface area contributed by atoms with Crippen LogP contribution in [0.4, 0.5) is 5.82 Å². The van der Waals surface area contributed by atoms with Crippen molar-refractivity contribution < 1.29 is 9.53 Å². The van der Waals surface area contributed by atoms with Gasteiger partial charge >= 0.3 is 0 Å². The summed E-state index contributed by atoms with van der Waals surface area (Å²) in [5.41, 5.74) is 0.348. The third kappa shape index (κ3) is 4.97. The number of carbonyl (C=O) groups is 1. The van der Waals surface area contributed by atoms with Crippen LogP contribution in [0, 0.1) is 11.3 Å². The Morgan fingerprint density at radius 1 is 1.19 bits per heavy atom. The fraction of sp³-hybridized carbons (Fsp3) is 0.478. The van der Waals surface area contributed by atoms with Crippen molar-refractivity contribution in [3.8, 4) is 11.8 Å². The zero-order valence-corrected chi connectivity index (χ0v) is 18.1. The van der Waals surface area contributed by atoms with E-state index in [2.05, 4.69) is 20.6 Å². The number of carbonyl (C=O) groups excluding carboxylic acids is 1. The Balaban J connectivity index is 1.49. The first-order valence-electron chi connectivity index (χ1n) is 10.8. The molecule has 1 aromatic heterocycles. The second-order valence-corrected chi connectivity index (χ2v) is 8.62. The number of nitriles is 1. The minimum Gasteiger partial charge on any atom is -0.477 e. The molecule has 1 aliphatic heterocycles. The molecule has 1 amide bonds. The van der Waals surface area contributed by atoms with Crippen molar-refractivity contribution in [3.63, 3.8) is 0 Å². The van der Waals surface area contributed by atoms with Gasteiger partial charge in [0.15, 0.2) is 11.4 Å². The summed E-state index contributed by atoms with van der Waals surface area (Å²) >= 11 is 6.16. The number of nitrogens with zero attached hydrogens (tertiary/aromatic N) is 3. The van der Waals surface area contributed by atoms with E-state index in [0.717, 1.165) is 50.9 Å². The molecule has 0 atom stereocenters. The summed E-state index contributed by atoms with van der Waals surface area (Å²) in [7, 11) is 0. The van der Waals surface area contributed by atoms with Crippen LogP contribution in [0.5, 0.6) is 5.75 Å². The molecule has 162 valence electrons. The summed E-state index contributed by atoms with van der Waals surface area (Å²) in [6, 6.07) is 6.92. The van der Waals surface area contributed by atoms with Gasteiger partial charge in [-0.2, -0.15) is 5.26 Å². The highest BCUT2D eigenvalue weighted by Crippen LogP contribution is 2.35. The first kappa shape index (κ1) is 21.5. The minimum atomic E-state index is -0.995. The summed E-state index contributed by atoms with van der Waals surface area (Å²) in [6.07, 6.45) is 9.57. The van der Waals surface area contributed by atoms with Crippen LogP contribution < -0.4 is 15.4 Å². The number of aromatic nitrogens is 2. The van der Waals surface area contributed by atoms with Crippen molar-refractivity contribution >= 4 is 23.3 Å². The third-order valence-electron chi connectivity index (χ3n) is 6.12. The topological polar surface area (TPSA) is 99.9 Å². The van der Waals surface area contributed by atoms with Crippen molar-refractivity contribution in [2.24, 2.45) is 0 Å². The summed E-state index contributed by atoms with van der Waals surface area (Å²) < 4.78 is 6.22. The van der Waals surface area contributed by atoms with Crippen molar-refractivity contribution in [1.82, 2.24) is 15.3 Å². The van der Waals surface area contributed by atoms with E-state index >= 15 is 0 Å². The van der Waals surface area contributed by atoms with Crippen molar-refractivity contribution in [3.05, 3.63) is 46.9 Å². The van der Waals surface area contributed by atoms with E-state index in [1.165, 1.54) is 0 Å². The number of halogens is 1. The summed E-state index contributed by atoms with van der Waals surface area (Å²) in [6.45, 7) is 1.98. The third-order valence-corrected chi connectivity index (χ3v) is 6.43. The van der Waals surface area contributed by atoms with Gasteiger partial charge in [0.25, 0.3) is 5.91 Å². The maximum Gasteiger partial charge on any atom is 0.269 e. The van der Waals surface area contributed by atoms with Gasteiger partial charge in [-0.1, -0.05) is 18.0 Å². The number of anilines is 1. The average molecular weight is 440 g/mol. The predicted molar refractivity (Wildman–Crippen MR) is 118 cm³/mol. The molecule has 2 fully saturated rings. The van der Waals surface area contributed by atoms with Gasteiger partial charge in [-0.05, 0) is 63.7 Å². The smallest absolute Gasteiger partial charge is 0.269 e. The number of nitrogens with one attached hydrogen (secondary N) is 2. The van der Waals surface area contributed by atoms with E-state index in [1.807, 2.05) is 6.07 Å². The lowest BCUT2D eigenvalue weighted by atomic mass is 9.83. The maximum atomic E-state index is 13.3. The lowest BCUT2D eigenvalue weighted by Gasteiger charge is -2.36. The fourth-order valence-corrected chi connectivity index (χ4v) is 4.55. The Hall–Kier alpha value is -2.69. The van der Waals surface area contributed by atoms with E-state index in [4.69, 9.17) is 21.6 Å². The summed E-state index contributed by atoms with van der Waals surface area (Å²) in [4.78, 5) is 22.3. The van der Waals surface area contributed by atoms with E-state index in [9.17, 15) is 4.79 Å². The van der Waals surface area contributed by atoms with Gasteiger partial charge in [-0.3, -0.25) is 9.78 Å². The van der Waals surface area contributed by atoms with Gasteiger partial charge in [-0.25, -0.2) is 4.98 Å². The van der Waals surface area contributed by atoms with Crippen LogP contribution >= 0.6 is 11.6 Å². The lowest BCUT2D eigenvalue weighted by molar-refractivity contribution is -0.134. The first-order chi connectivity index (χ1) is 15.1. The molecule has 0 spiro atoms. The molecule has 2 heterocycles. The molecule has 2 aromatic rings. The van der Waals surface area contributed by atoms with Gasteiger partial charge < -0.3 is 15.4 Å². The minimum absolute atomic E-state index is 0.225.